The molecule has 33 heavy (non-hydrogen) atoms. The second kappa shape index (κ2) is 12.9. The van der Waals surface area contributed by atoms with Crippen molar-refractivity contribution in [3.63, 3.8) is 0 Å². The van der Waals surface area contributed by atoms with E-state index in [1.165, 1.54) is 32.1 Å². The maximum atomic E-state index is 12.8. The molecule has 2 aromatic carbocycles. The Kier molecular flexibility index (Phi) is 9.96. The van der Waals surface area contributed by atoms with Gasteiger partial charge in [0.2, 0.25) is 0 Å². The Morgan fingerprint density at radius 2 is 1.79 bits per heavy atom. The average molecular weight is 548 g/mol. The maximum absolute atomic E-state index is 12.8. The normalized spacial score (nSPS) is 14.7. The van der Waals surface area contributed by atoms with Crippen LogP contribution >= 0.6 is 39.9 Å². The molecule has 1 heterocycles. The van der Waals surface area contributed by atoms with Gasteiger partial charge in [0.15, 0.2) is 4.32 Å². The fourth-order valence-electron chi connectivity index (χ4n) is 3.26. The highest BCUT2D eigenvalue weighted by Gasteiger charge is 2.34. The molecule has 2 aromatic rings. The zero-order valence-corrected chi connectivity index (χ0v) is 21.7. The van der Waals surface area contributed by atoms with E-state index < -0.39 is 5.91 Å². The Morgan fingerprint density at radius 3 is 2.52 bits per heavy atom. The lowest BCUT2D eigenvalue weighted by molar-refractivity contribution is -0.123. The Labute approximate surface area is 213 Å². The van der Waals surface area contributed by atoms with Crippen molar-refractivity contribution in [2.24, 2.45) is 0 Å². The van der Waals surface area contributed by atoms with Crippen molar-refractivity contribution in [1.29, 1.82) is 0 Å². The Bertz CT molecular complexity index is 1020. The van der Waals surface area contributed by atoms with Crippen LogP contribution in [0.25, 0.3) is 6.08 Å². The first-order chi connectivity index (χ1) is 16.0. The molecule has 174 valence electrons. The van der Waals surface area contributed by atoms with Gasteiger partial charge in [-0.05, 0) is 70.5 Å². The number of hydrogen-bond acceptors (Lipinski definition) is 5. The molecule has 1 aliphatic heterocycles. The number of nitrogens with one attached hydrogen (secondary N) is 1. The third-order valence-corrected chi connectivity index (χ3v) is 7.06. The predicted octanol–water partition coefficient (Wildman–Crippen LogP) is 6.73. The topological polar surface area (TPSA) is 58.6 Å². The number of amides is 2. The van der Waals surface area contributed by atoms with Crippen LogP contribution in [0.2, 0.25) is 0 Å². The van der Waals surface area contributed by atoms with Gasteiger partial charge in [0.05, 0.1) is 17.1 Å². The maximum Gasteiger partial charge on any atom is 0.285 e. The van der Waals surface area contributed by atoms with Gasteiger partial charge >= 0.3 is 0 Å². The summed E-state index contributed by atoms with van der Waals surface area (Å²) in [5, 5.41) is 1.12. The van der Waals surface area contributed by atoms with Crippen LogP contribution < -0.4 is 10.2 Å². The largest absolute Gasteiger partial charge is 0.494 e. The molecule has 1 aliphatic rings. The van der Waals surface area contributed by atoms with Crippen molar-refractivity contribution in [2.75, 3.05) is 6.61 Å². The van der Waals surface area contributed by atoms with Crippen LogP contribution in [-0.2, 0) is 4.79 Å². The number of rotatable bonds is 11. The van der Waals surface area contributed by atoms with Gasteiger partial charge in [-0.2, -0.15) is 5.01 Å². The van der Waals surface area contributed by atoms with Crippen LogP contribution in [0.5, 0.6) is 5.75 Å². The highest BCUT2D eigenvalue weighted by Crippen LogP contribution is 2.32. The molecule has 0 aromatic heterocycles. The summed E-state index contributed by atoms with van der Waals surface area (Å²) in [6, 6.07) is 14.6. The third-order valence-electron chi connectivity index (χ3n) is 5.07. The monoisotopic (exact) mass is 546 g/mol. The molecule has 2 amide bonds. The Hall–Kier alpha value is -2.16. The standard InChI is InChI=1S/C25H27BrN2O3S2/c1-2-3-4-5-6-9-16-31-19-14-12-18(13-15-19)17-22-24(30)28(25(32)33-22)27-23(29)20-10-7-8-11-21(20)26/h7-8,10-15,17H,2-6,9,16H2,1H3,(H,27,29)/b22-17-. The number of nitrogens with zero attached hydrogens (tertiary/aromatic N) is 1. The molecule has 5 nitrogen and oxygen atoms in total. The fraction of sp³-hybridized carbons (Fsp3) is 0.320. The Balaban J connectivity index is 1.53. The molecule has 0 saturated carbocycles. The number of ether oxygens (including phenoxy) is 1. The summed E-state index contributed by atoms with van der Waals surface area (Å²) in [5.74, 6) is 0.0506. The molecule has 0 spiro atoms. The number of thioether (sulfide) groups is 1. The number of benzene rings is 2. The zero-order chi connectivity index (χ0) is 23.6. The van der Waals surface area contributed by atoms with E-state index in [-0.39, 0.29) is 10.2 Å². The minimum absolute atomic E-state index is 0.283. The molecule has 3 rings (SSSR count). The van der Waals surface area contributed by atoms with E-state index in [4.69, 9.17) is 17.0 Å². The fourth-order valence-corrected chi connectivity index (χ4v) is 4.90. The number of hydrogen-bond donors (Lipinski definition) is 1. The van der Waals surface area contributed by atoms with Crippen LogP contribution in [0.4, 0.5) is 0 Å². The highest BCUT2D eigenvalue weighted by atomic mass is 79.9. The van der Waals surface area contributed by atoms with E-state index in [9.17, 15) is 9.59 Å². The lowest BCUT2D eigenvalue weighted by Crippen LogP contribution is -2.44. The van der Waals surface area contributed by atoms with E-state index in [0.29, 0.717) is 21.5 Å². The smallest absolute Gasteiger partial charge is 0.285 e. The molecule has 0 unspecified atom stereocenters. The summed E-state index contributed by atoms with van der Waals surface area (Å²) in [7, 11) is 0. The van der Waals surface area contributed by atoms with E-state index >= 15 is 0 Å². The molecule has 1 N–H and O–H groups in total. The number of thiocarbonyl (C=S) groups is 1. The van der Waals surface area contributed by atoms with E-state index in [1.807, 2.05) is 30.3 Å². The first kappa shape index (κ1) is 25.5. The van der Waals surface area contributed by atoms with Crippen LogP contribution in [0.15, 0.2) is 57.9 Å². The molecule has 8 heteroatoms. The van der Waals surface area contributed by atoms with Gasteiger partial charge in [-0.15, -0.1) is 0 Å². The highest BCUT2D eigenvalue weighted by molar-refractivity contribution is 9.10. The zero-order valence-electron chi connectivity index (χ0n) is 18.5. The minimum atomic E-state index is -0.410. The number of carbonyl (C=O) groups excluding carboxylic acids is 2. The molecule has 0 bridgehead atoms. The molecule has 0 radical (unpaired) electrons. The van der Waals surface area contributed by atoms with Crippen molar-refractivity contribution in [3.05, 3.63) is 69.0 Å². The van der Waals surface area contributed by atoms with Gasteiger partial charge in [0, 0.05) is 4.47 Å². The van der Waals surface area contributed by atoms with E-state index in [1.54, 1.807) is 24.3 Å². The van der Waals surface area contributed by atoms with Crippen LogP contribution in [0, 0.1) is 0 Å². The summed E-state index contributed by atoms with van der Waals surface area (Å²) >= 11 is 9.81. The number of unbranched alkanes of at least 4 members (excludes halogenated alkanes) is 5. The number of halogens is 1. The minimum Gasteiger partial charge on any atom is -0.494 e. The Morgan fingerprint density at radius 1 is 1.09 bits per heavy atom. The molecule has 0 aliphatic carbocycles. The van der Waals surface area contributed by atoms with Crippen molar-refractivity contribution < 1.29 is 14.3 Å². The van der Waals surface area contributed by atoms with Gasteiger partial charge in [0.25, 0.3) is 11.8 Å². The summed E-state index contributed by atoms with van der Waals surface area (Å²) in [6.07, 6.45) is 9.13. The third kappa shape index (κ3) is 7.42. The second-order valence-corrected chi connectivity index (χ2v) is 10.2. The van der Waals surface area contributed by atoms with E-state index in [0.717, 1.165) is 34.5 Å². The quantitative estimate of drug-likeness (QED) is 0.192. The van der Waals surface area contributed by atoms with Gasteiger partial charge < -0.3 is 4.74 Å². The number of hydrazine groups is 1. The molecular formula is C25H27BrN2O3S2. The SMILES string of the molecule is CCCCCCCCOc1ccc(/C=C2\SC(=S)N(NC(=O)c3ccccc3Br)C2=O)cc1. The van der Waals surface area contributed by atoms with Crippen molar-refractivity contribution in [1.82, 2.24) is 10.4 Å². The summed E-state index contributed by atoms with van der Waals surface area (Å²) in [5.41, 5.74) is 3.88. The predicted molar refractivity (Wildman–Crippen MR) is 142 cm³/mol. The molecular weight excluding hydrogens is 520 g/mol. The average Bonchev–Trinajstić information content (AvgIpc) is 3.07. The van der Waals surface area contributed by atoms with Gasteiger partial charge in [-0.1, -0.05) is 75.1 Å². The van der Waals surface area contributed by atoms with Crippen LogP contribution in [-0.4, -0.2) is 27.8 Å². The summed E-state index contributed by atoms with van der Waals surface area (Å²) < 4.78 is 6.74. The lowest BCUT2D eigenvalue weighted by Gasteiger charge is -2.16. The molecule has 1 saturated heterocycles. The summed E-state index contributed by atoms with van der Waals surface area (Å²) in [4.78, 5) is 25.8. The van der Waals surface area contributed by atoms with Gasteiger partial charge in [-0.3, -0.25) is 15.0 Å². The summed E-state index contributed by atoms with van der Waals surface area (Å²) in [6.45, 7) is 2.93. The van der Waals surface area contributed by atoms with Crippen LogP contribution in [0.3, 0.4) is 0 Å². The first-order valence-corrected chi connectivity index (χ1v) is 13.1. The van der Waals surface area contributed by atoms with E-state index in [2.05, 4.69) is 28.3 Å². The first-order valence-electron chi connectivity index (χ1n) is 11.1. The number of carbonyl (C=O) groups is 2. The molecule has 1 fully saturated rings. The van der Waals surface area contributed by atoms with Crippen LogP contribution in [0.1, 0.15) is 61.4 Å². The lowest BCUT2D eigenvalue weighted by atomic mass is 10.1. The van der Waals surface area contributed by atoms with Crippen molar-refractivity contribution in [2.45, 2.75) is 45.4 Å². The van der Waals surface area contributed by atoms with Gasteiger partial charge in [-0.25, -0.2) is 0 Å². The molecule has 0 atom stereocenters. The van der Waals surface area contributed by atoms with Crippen molar-refractivity contribution in [3.8, 4) is 5.75 Å². The van der Waals surface area contributed by atoms with Gasteiger partial charge in [0.1, 0.15) is 5.75 Å². The van der Waals surface area contributed by atoms with Crippen molar-refractivity contribution >= 4 is 62.1 Å². The second-order valence-electron chi connectivity index (χ2n) is 7.62.